The van der Waals surface area contributed by atoms with Gasteiger partial charge in [-0.2, -0.15) is 0 Å². The second-order valence-corrected chi connectivity index (χ2v) is 8.72. The van der Waals surface area contributed by atoms with Gasteiger partial charge in [-0.15, -0.1) is 10.2 Å². The van der Waals surface area contributed by atoms with E-state index in [-0.39, 0.29) is 11.8 Å². The van der Waals surface area contributed by atoms with E-state index in [1.54, 1.807) is 7.11 Å². The first kappa shape index (κ1) is 21.8. The van der Waals surface area contributed by atoms with Crippen LogP contribution in [0.2, 0.25) is 0 Å². The molecule has 1 atom stereocenters. The van der Waals surface area contributed by atoms with E-state index in [9.17, 15) is 4.79 Å². The summed E-state index contributed by atoms with van der Waals surface area (Å²) in [5, 5.41) is 11.9. The summed E-state index contributed by atoms with van der Waals surface area (Å²) in [6, 6.07) is 9.81. The molecule has 2 aliphatic rings. The third-order valence-corrected chi connectivity index (χ3v) is 6.28. The predicted molar refractivity (Wildman–Crippen MR) is 123 cm³/mol. The molecule has 166 valence electrons. The maximum Gasteiger partial charge on any atom is 0.225 e. The van der Waals surface area contributed by atoms with E-state index in [4.69, 9.17) is 9.47 Å². The SMILES string of the molecule is COc1ccc(Br)cc1CNC(=O)[C@@H]1CCCN(c2ccc(N3CCOCC3)nn2)C1. The zero-order chi connectivity index (χ0) is 21.6. The molecule has 2 aromatic rings. The number of amides is 1. The average molecular weight is 490 g/mol. The first-order valence-electron chi connectivity index (χ1n) is 10.7. The lowest BCUT2D eigenvalue weighted by atomic mass is 9.97. The topological polar surface area (TPSA) is 79.8 Å². The highest BCUT2D eigenvalue weighted by molar-refractivity contribution is 9.10. The van der Waals surface area contributed by atoms with Gasteiger partial charge in [0.05, 0.1) is 26.2 Å². The summed E-state index contributed by atoms with van der Waals surface area (Å²) in [5.41, 5.74) is 0.947. The highest BCUT2D eigenvalue weighted by Crippen LogP contribution is 2.25. The van der Waals surface area contributed by atoms with Crippen molar-refractivity contribution in [1.29, 1.82) is 0 Å². The van der Waals surface area contributed by atoms with Gasteiger partial charge in [-0.1, -0.05) is 15.9 Å². The fourth-order valence-corrected chi connectivity index (χ4v) is 4.47. The minimum absolute atomic E-state index is 0.0598. The zero-order valence-corrected chi connectivity index (χ0v) is 19.3. The third-order valence-electron chi connectivity index (χ3n) is 5.78. The van der Waals surface area contributed by atoms with E-state index in [0.29, 0.717) is 13.1 Å². The van der Waals surface area contributed by atoms with E-state index < -0.39 is 0 Å². The van der Waals surface area contributed by atoms with Crippen LogP contribution in [0.25, 0.3) is 0 Å². The van der Waals surface area contributed by atoms with Gasteiger partial charge in [-0.25, -0.2) is 0 Å². The fourth-order valence-electron chi connectivity index (χ4n) is 4.06. The van der Waals surface area contributed by atoms with Crippen molar-refractivity contribution in [3.05, 3.63) is 40.4 Å². The number of hydrogen-bond acceptors (Lipinski definition) is 7. The maximum absolute atomic E-state index is 12.8. The van der Waals surface area contributed by atoms with Gasteiger partial charge in [0.25, 0.3) is 0 Å². The number of nitrogens with zero attached hydrogens (tertiary/aromatic N) is 4. The van der Waals surface area contributed by atoms with Crippen molar-refractivity contribution in [3.63, 3.8) is 0 Å². The molecule has 0 saturated carbocycles. The number of carbonyl (C=O) groups excluding carboxylic acids is 1. The summed E-state index contributed by atoms with van der Waals surface area (Å²) in [7, 11) is 1.64. The highest BCUT2D eigenvalue weighted by atomic mass is 79.9. The Labute approximate surface area is 191 Å². The minimum atomic E-state index is -0.0763. The molecule has 0 bridgehead atoms. The van der Waals surface area contributed by atoms with Crippen LogP contribution >= 0.6 is 15.9 Å². The number of aromatic nitrogens is 2. The Balaban J connectivity index is 1.34. The Morgan fingerprint density at radius 2 is 1.90 bits per heavy atom. The lowest BCUT2D eigenvalue weighted by molar-refractivity contribution is -0.125. The average Bonchev–Trinajstić information content (AvgIpc) is 2.83. The Kier molecular flexibility index (Phi) is 7.24. The van der Waals surface area contributed by atoms with Crippen LogP contribution in [0.3, 0.4) is 0 Å². The van der Waals surface area contributed by atoms with Gasteiger partial charge >= 0.3 is 0 Å². The standard InChI is InChI=1S/C22H28BrN5O3/c1-30-19-5-4-18(23)13-17(19)14-24-22(29)16-3-2-8-28(15-16)21-7-6-20(25-26-21)27-9-11-31-12-10-27/h4-7,13,16H,2-3,8-12,14-15H2,1H3,(H,24,29)/t16-/m1/s1. The summed E-state index contributed by atoms with van der Waals surface area (Å²) in [6.45, 7) is 5.08. The van der Waals surface area contributed by atoms with Crippen LogP contribution in [-0.4, -0.2) is 62.6 Å². The summed E-state index contributed by atoms with van der Waals surface area (Å²) in [5.74, 6) is 2.45. The van der Waals surface area contributed by atoms with Crippen LogP contribution in [0.1, 0.15) is 18.4 Å². The van der Waals surface area contributed by atoms with E-state index in [1.807, 2.05) is 30.3 Å². The van der Waals surface area contributed by atoms with Gasteiger partial charge < -0.3 is 24.6 Å². The van der Waals surface area contributed by atoms with Gasteiger partial charge in [0.15, 0.2) is 11.6 Å². The quantitative estimate of drug-likeness (QED) is 0.667. The van der Waals surface area contributed by atoms with E-state index in [2.05, 4.69) is 41.2 Å². The number of anilines is 2. The van der Waals surface area contributed by atoms with Crippen LogP contribution in [0.5, 0.6) is 5.75 Å². The number of hydrogen-bond donors (Lipinski definition) is 1. The molecule has 1 aromatic carbocycles. The summed E-state index contributed by atoms with van der Waals surface area (Å²) in [6.07, 6.45) is 1.82. The third kappa shape index (κ3) is 5.46. The number of carbonyl (C=O) groups is 1. The zero-order valence-electron chi connectivity index (χ0n) is 17.7. The number of benzene rings is 1. The first-order chi connectivity index (χ1) is 15.1. The second-order valence-electron chi connectivity index (χ2n) is 7.81. The molecular weight excluding hydrogens is 462 g/mol. The molecule has 2 aliphatic heterocycles. The first-order valence-corrected chi connectivity index (χ1v) is 11.4. The Hall–Kier alpha value is -2.39. The molecule has 8 nitrogen and oxygen atoms in total. The van der Waals surface area contributed by atoms with Gasteiger partial charge in [0.1, 0.15) is 5.75 Å². The molecule has 31 heavy (non-hydrogen) atoms. The van der Waals surface area contributed by atoms with Crippen molar-refractivity contribution < 1.29 is 14.3 Å². The maximum atomic E-state index is 12.8. The molecular formula is C22H28BrN5O3. The Bertz CT molecular complexity index is 889. The smallest absolute Gasteiger partial charge is 0.225 e. The molecule has 1 aromatic heterocycles. The summed E-state index contributed by atoms with van der Waals surface area (Å²) < 4.78 is 11.8. The summed E-state index contributed by atoms with van der Waals surface area (Å²) in [4.78, 5) is 17.2. The molecule has 0 unspecified atom stereocenters. The van der Waals surface area contributed by atoms with Crippen LogP contribution in [0.4, 0.5) is 11.6 Å². The minimum Gasteiger partial charge on any atom is -0.496 e. The number of halogens is 1. The molecule has 0 aliphatic carbocycles. The normalized spacial score (nSPS) is 19.2. The van der Waals surface area contributed by atoms with Gasteiger partial charge in [-0.3, -0.25) is 4.79 Å². The van der Waals surface area contributed by atoms with Gasteiger partial charge in [0.2, 0.25) is 5.91 Å². The van der Waals surface area contributed by atoms with Crippen molar-refractivity contribution in [2.24, 2.45) is 5.92 Å². The number of morpholine rings is 1. The monoisotopic (exact) mass is 489 g/mol. The number of nitrogens with one attached hydrogen (secondary N) is 1. The lowest BCUT2D eigenvalue weighted by Gasteiger charge is -2.33. The van der Waals surface area contributed by atoms with E-state index in [1.165, 1.54) is 0 Å². The largest absolute Gasteiger partial charge is 0.496 e. The van der Waals surface area contributed by atoms with Gasteiger partial charge in [-0.05, 0) is 43.2 Å². The van der Waals surface area contributed by atoms with Crippen molar-refractivity contribution in [2.75, 3.05) is 56.3 Å². The molecule has 1 amide bonds. The Morgan fingerprint density at radius 1 is 1.16 bits per heavy atom. The van der Waals surface area contributed by atoms with Crippen LogP contribution in [0, 0.1) is 5.92 Å². The van der Waals surface area contributed by atoms with E-state index in [0.717, 1.165) is 73.1 Å². The number of methoxy groups -OCH3 is 1. The molecule has 0 radical (unpaired) electrons. The number of piperidine rings is 1. The molecule has 1 N–H and O–H groups in total. The van der Waals surface area contributed by atoms with Crippen LogP contribution < -0.4 is 19.9 Å². The Morgan fingerprint density at radius 3 is 2.61 bits per heavy atom. The van der Waals surface area contributed by atoms with Crippen LogP contribution in [0.15, 0.2) is 34.8 Å². The molecule has 9 heteroatoms. The predicted octanol–water partition coefficient (Wildman–Crippen LogP) is 2.62. The van der Waals surface area contributed by atoms with Crippen molar-refractivity contribution >= 4 is 33.5 Å². The van der Waals surface area contributed by atoms with Crippen LogP contribution in [-0.2, 0) is 16.1 Å². The molecule has 2 saturated heterocycles. The van der Waals surface area contributed by atoms with Crippen molar-refractivity contribution in [2.45, 2.75) is 19.4 Å². The fraction of sp³-hybridized carbons (Fsp3) is 0.500. The van der Waals surface area contributed by atoms with Crippen molar-refractivity contribution in [1.82, 2.24) is 15.5 Å². The lowest BCUT2D eigenvalue weighted by Crippen LogP contribution is -2.43. The molecule has 4 rings (SSSR count). The molecule has 2 fully saturated rings. The van der Waals surface area contributed by atoms with E-state index >= 15 is 0 Å². The van der Waals surface area contributed by atoms with Gasteiger partial charge in [0, 0.05) is 42.8 Å². The summed E-state index contributed by atoms with van der Waals surface area (Å²) >= 11 is 3.48. The second kappa shape index (κ2) is 10.3. The molecule has 3 heterocycles. The highest BCUT2D eigenvalue weighted by Gasteiger charge is 2.27. The molecule has 0 spiro atoms. The number of ether oxygens (including phenoxy) is 2. The van der Waals surface area contributed by atoms with Crippen molar-refractivity contribution in [3.8, 4) is 5.75 Å². The number of rotatable bonds is 6.